The molecule has 0 radical (unpaired) electrons. The molecule has 0 bridgehead atoms. The summed E-state index contributed by atoms with van der Waals surface area (Å²) in [5.74, 6) is 0.134. The van der Waals surface area contributed by atoms with E-state index >= 15 is 0 Å². The van der Waals surface area contributed by atoms with Gasteiger partial charge >= 0.3 is 0 Å². The van der Waals surface area contributed by atoms with Crippen LogP contribution in [0.3, 0.4) is 0 Å². The van der Waals surface area contributed by atoms with Crippen molar-refractivity contribution < 1.29 is 5.11 Å². The lowest BCUT2D eigenvalue weighted by Crippen LogP contribution is -2.31. The van der Waals surface area contributed by atoms with Gasteiger partial charge in [0.25, 0.3) is 0 Å². The van der Waals surface area contributed by atoms with Crippen LogP contribution in [-0.2, 0) is 6.54 Å². The van der Waals surface area contributed by atoms with E-state index < -0.39 is 6.10 Å². The van der Waals surface area contributed by atoms with Crippen LogP contribution < -0.4 is 0 Å². The van der Waals surface area contributed by atoms with Gasteiger partial charge < -0.3 is 9.67 Å². The zero-order valence-corrected chi connectivity index (χ0v) is 12.9. The Bertz CT molecular complexity index is 894. The first-order valence-electron chi connectivity index (χ1n) is 8.07. The molecule has 2 aromatic heterocycles. The molecule has 2 aliphatic rings. The van der Waals surface area contributed by atoms with Crippen LogP contribution in [0.5, 0.6) is 0 Å². The third-order valence-electron chi connectivity index (χ3n) is 5.36. The van der Waals surface area contributed by atoms with Crippen molar-refractivity contribution in [2.45, 2.75) is 32.0 Å². The predicted octanol–water partition coefficient (Wildman–Crippen LogP) is 2.71. The minimum absolute atomic E-state index is 0.134. The largest absolute Gasteiger partial charge is 0.386 e. The minimum Gasteiger partial charge on any atom is -0.386 e. The maximum absolute atomic E-state index is 11.0. The van der Waals surface area contributed by atoms with E-state index in [0.29, 0.717) is 0 Å². The topological polar surface area (TPSA) is 55.9 Å². The highest BCUT2D eigenvalue weighted by molar-refractivity contribution is 5.69. The van der Waals surface area contributed by atoms with E-state index in [0.717, 1.165) is 29.9 Å². The molecule has 0 aliphatic carbocycles. The second kappa shape index (κ2) is 4.55. The molecule has 3 unspecified atom stereocenters. The summed E-state index contributed by atoms with van der Waals surface area (Å²) in [5.41, 5.74) is 5.71. The first kappa shape index (κ1) is 13.1. The van der Waals surface area contributed by atoms with Gasteiger partial charge in [-0.3, -0.25) is 4.68 Å². The molecule has 23 heavy (non-hydrogen) atoms. The molecule has 2 aliphatic heterocycles. The van der Waals surface area contributed by atoms with E-state index in [1.165, 1.54) is 11.1 Å². The summed E-state index contributed by atoms with van der Waals surface area (Å²) in [4.78, 5) is 4.33. The number of rotatable bonds is 1. The number of hydrogen-bond acceptors (Lipinski definition) is 3. The fourth-order valence-electron chi connectivity index (χ4n) is 4.32. The van der Waals surface area contributed by atoms with Crippen LogP contribution in [0.2, 0.25) is 0 Å². The van der Waals surface area contributed by atoms with E-state index in [4.69, 9.17) is 0 Å². The molecule has 0 spiro atoms. The van der Waals surface area contributed by atoms with Crippen molar-refractivity contribution in [2.24, 2.45) is 5.92 Å². The van der Waals surface area contributed by atoms with Crippen LogP contribution in [-0.4, -0.2) is 24.4 Å². The average Bonchev–Trinajstić information content (AvgIpc) is 3.23. The first-order chi connectivity index (χ1) is 11.3. The number of aryl methyl sites for hydroxylation is 2. The summed E-state index contributed by atoms with van der Waals surface area (Å²) < 4.78 is 4.17. The van der Waals surface area contributed by atoms with Gasteiger partial charge in [0.15, 0.2) is 0 Å². The third kappa shape index (κ3) is 1.65. The molecular formula is C18H18N4O. The lowest BCUT2D eigenvalue weighted by atomic mass is 9.82. The highest BCUT2D eigenvalue weighted by Crippen LogP contribution is 2.48. The third-order valence-corrected chi connectivity index (χ3v) is 5.36. The Kier molecular flexibility index (Phi) is 2.59. The molecule has 116 valence electrons. The molecule has 5 nitrogen and oxygen atoms in total. The van der Waals surface area contributed by atoms with Crippen molar-refractivity contribution in [2.75, 3.05) is 0 Å². The van der Waals surface area contributed by atoms with Crippen molar-refractivity contribution in [1.29, 1.82) is 0 Å². The molecule has 1 N–H and O–H groups in total. The number of benzene rings is 1. The monoisotopic (exact) mass is 306 g/mol. The maximum atomic E-state index is 11.0. The molecule has 4 heterocycles. The fourth-order valence-corrected chi connectivity index (χ4v) is 4.32. The van der Waals surface area contributed by atoms with Crippen molar-refractivity contribution in [3.63, 3.8) is 0 Å². The van der Waals surface area contributed by atoms with E-state index in [1.54, 1.807) is 0 Å². The normalized spacial score (nSPS) is 25.0. The van der Waals surface area contributed by atoms with Crippen molar-refractivity contribution in [3.05, 3.63) is 59.8 Å². The van der Waals surface area contributed by atoms with Gasteiger partial charge in [-0.05, 0) is 24.5 Å². The van der Waals surface area contributed by atoms with Gasteiger partial charge in [0.05, 0.1) is 36.2 Å². The second-order valence-electron chi connectivity index (χ2n) is 6.55. The summed E-state index contributed by atoms with van der Waals surface area (Å²) in [5, 5.41) is 15.4. The lowest BCUT2D eigenvalue weighted by molar-refractivity contribution is 0.0520. The molecule has 5 heteroatoms. The highest BCUT2D eigenvalue weighted by Gasteiger charge is 2.41. The Labute approximate surface area is 134 Å². The molecule has 1 aromatic carbocycles. The zero-order chi connectivity index (χ0) is 15.6. The number of fused-ring (bicyclic) bond motifs is 4. The maximum Gasteiger partial charge on any atom is 0.101 e. The quantitative estimate of drug-likeness (QED) is 0.752. The van der Waals surface area contributed by atoms with Crippen LogP contribution in [0.1, 0.15) is 35.4 Å². The van der Waals surface area contributed by atoms with Gasteiger partial charge in [-0.1, -0.05) is 24.3 Å². The van der Waals surface area contributed by atoms with E-state index in [-0.39, 0.29) is 12.0 Å². The molecule has 0 amide bonds. The molecule has 0 saturated heterocycles. The van der Waals surface area contributed by atoms with Gasteiger partial charge in [-0.15, -0.1) is 0 Å². The van der Waals surface area contributed by atoms with Gasteiger partial charge in [0.2, 0.25) is 0 Å². The molecular weight excluding hydrogens is 288 g/mol. The summed E-state index contributed by atoms with van der Waals surface area (Å²) in [6.07, 6.45) is 6.07. The van der Waals surface area contributed by atoms with Crippen molar-refractivity contribution in [1.82, 2.24) is 19.3 Å². The smallest absolute Gasteiger partial charge is 0.101 e. The Balaban J connectivity index is 1.65. The number of aliphatic hydroxyl groups excluding tert-OH is 1. The van der Waals surface area contributed by atoms with Crippen LogP contribution in [0.4, 0.5) is 0 Å². The van der Waals surface area contributed by atoms with Gasteiger partial charge in [-0.2, -0.15) is 5.10 Å². The summed E-state index contributed by atoms with van der Waals surface area (Å²) in [6.45, 7) is 2.88. The standard InChI is InChI=1S/C18H18N4O/c1-11-8-20-22-7-6-14(18(23)16(11)22)17-13-5-3-2-4-12(13)15-9-19-10-21(15)17/h2-5,8-10,14,17-18,23H,6-7H2,1H3. The molecule has 3 aromatic rings. The molecule has 0 saturated carbocycles. The van der Waals surface area contributed by atoms with E-state index in [2.05, 4.69) is 38.9 Å². The Morgan fingerprint density at radius 3 is 3.00 bits per heavy atom. The van der Waals surface area contributed by atoms with Crippen LogP contribution in [0, 0.1) is 12.8 Å². The van der Waals surface area contributed by atoms with Crippen molar-refractivity contribution >= 4 is 0 Å². The lowest BCUT2D eigenvalue weighted by Gasteiger charge is -2.34. The van der Waals surface area contributed by atoms with Crippen molar-refractivity contribution in [3.8, 4) is 11.3 Å². The Morgan fingerprint density at radius 1 is 1.22 bits per heavy atom. The van der Waals surface area contributed by atoms with E-state index in [9.17, 15) is 5.11 Å². The highest BCUT2D eigenvalue weighted by atomic mass is 16.3. The number of hydrogen-bond donors (Lipinski definition) is 1. The summed E-state index contributed by atoms with van der Waals surface area (Å²) in [7, 11) is 0. The van der Waals surface area contributed by atoms with Crippen LogP contribution in [0.25, 0.3) is 11.3 Å². The minimum atomic E-state index is -0.502. The second-order valence-corrected chi connectivity index (χ2v) is 6.55. The predicted molar refractivity (Wildman–Crippen MR) is 85.8 cm³/mol. The summed E-state index contributed by atoms with van der Waals surface area (Å²) >= 11 is 0. The number of aromatic nitrogens is 4. The van der Waals surface area contributed by atoms with Gasteiger partial charge in [0.1, 0.15) is 6.10 Å². The molecule has 3 atom stereocenters. The fraction of sp³-hybridized carbons (Fsp3) is 0.333. The number of aliphatic hydroxyl groups is 1. The van der Waals surface area contributed by atoms with Crippen LogP contribution >= 0.6 is 0 Å². The first-order valence-corrected chi connectivity index (χ1v) is 8.07. The Hall–Kier alpha value is -2.40. The van der Waals surface area contributed by atoms with Crippen LogP contribution in [0.15, 0.2) is 43.0 Å². The molecule has 5 rings (SSSR count). The average molecular weight is 306 g/mol. The SMILES string of the molecule is Cc1cnn2c1C(O)C(C1c3ccccc3-c3cncn31)CC2. The number of nitrogens with zero attached hydrogens (tertiary/aromatic N) is 4. The number of imidazole rings is 1. The van der Waals surface area contributed by atoms with Gasteiger partial charge in [0, 0.05) is 18.0 Å². The zero-order valence-electron chi connectivity index (χ0n) is 12.9. The summed E-state index contributed by atoms with van der Waals surface area (Å²) in [6, 6.07) is 8.61. The Morgan fingerprint density at radius 2 is 2.09 bits per heavy atom. The molecule has 0 fully saturated rings. The van der Waals surface area contributed by atoms with E-state index in [1.807, 2.05) is 30.3 Å². The van der Waals surface area contributed by atoms with Gasteiger partial charge in [-0.25, -0.2) is 4.98 Å².